The van der Waals surface area contributed by atoms with Gasteiger partial charge in [0.15, 0.2) is 17.1 Å². The average Bonchev–Trinajstić information content (AvgIpc) is 3.11. The molecule has 13 heteroatoms. The van der Waals surface area contributed by atoms with Gasteiger partial charge in [-0.1, -0.05) is 0 Å². The molecule has 1 aromatic rings. The highest BCUT2D eigenvalue weighted by molar-refractivity contribution is 7.51. The summed E-state index contributed by atoms with van der Waals surface area (Å²) in [6.45, 7) is 0.0491. The summed E-state index contributed by atoms with van der Waals surface area (Å²) in [5.41, 5.74) is -2.83. The van der Waals surface area contributed by atoms with Gasteiger partial charge in [0.2, 0.25) is 5.43 Å². The lowest BCUT2D eigenvalue weighted by Gasteiger charge is -2.51. The third-order valence-corrected chi connectivity index (χ3v) is 5.89. The van der Waals surface area contributed by atoms with Crippen molar-refractivity contribution < 1.29 is 33.8 Å². The molecular weight excluding hydrogens is 395 g/mol. The molecule has 1 fully saturated rings. The van der Waals surface area contributed by atoms with E-state index in [0.717, 1.165) is 6.20 Å². The molecule has 12 nitrogen and oxygen atoms in total. The Morgan fingerprint density at radius 1 is 1.39 bits per heavy atom. The molecule has 1 saturated heterocycles. The second-order valence-electron chi connectivity index (χ2n) is 6.65. The number of carbonyl (C=O) groups is 2. The van der Waals surface area contributed by atoms with Gasteiger partial charge in [0.1, 0.15) is 5.56 Å². The van der Waals surface area contributed by atoms with E-state index in [1.807, 2.05) is 0 Å². The van der Waals surface area contributed by atoms with Crippen LogP contribution in [0.25, 0.3) is 0 Å². The SMILES string of the molecule is CNC(=O)c1cn2c(c(O)c1=O)C(=O)N(CCP(=O)(O)O)C1(CCOC1)N2C. The Bertz CT molecular complexity index is 933. The van der Waals surface area contributed by atoms with E-state index in [1.54, 1.807) is 7.05 Å². The molecule has 1 atom stereocenters. The third-order valence-electron chi connectivity index (χ3n) is 5.11. The van der Waals surface area contributed by atoms with Gasteiger partial charge in [-0.3, -0.25) is 28.6 Å². The van der Waals surface area contributed by atoms with Gasteiger partial charge < -0.3 is 29.8 Å². The number of aromatic nitrogens is 1. The molecule has 154 valence electrons. The predicted molar refractivity (Wildman–Crippen MR) is 96.0 cm³/mol. The Labute approximate surface area is 159 Å². The Balaban J connectivity index is 2.19. The zero-order chi connectivity index (χ0) is 20.9. The van der Waals surface area contributed by atoms with E-state index in [0.29, 0.717) is 13.0 Å². The van der Waals surface area contributed by atoms with E-state index in [-0.39, 0.29) is 24.4 Å². The first-order chi connectivity index (χ1) is 13.0. The van der Waals surface area contributed by atoms with Crippen LogP contribution in [-0.2, 0) is 9.30 Å². The van der Waals surface area contributed by atoms with Crippen molar-refractivity contribution in [3.63, 3.8) is 0 Å². The maximum Gasteiger partial charge on any atom is 0.327 e. The molecule has 4 N–H and O–H groups in total. The standard InChI is InChI=1S/C15H21N4O8P/c1-16-13(22)9-7-19-10(12(21)11(9)20)14(23)18(4-6-28(24,25)26)15(17(19)2)3-5-27-8-15/h7,21H,3-6,8H2,1-2H3,(H,16,22)(H2,24,25,26). The smallest absolute Gasteiger partial charge is 0.327 e. The minimum atomic E-state index is -4.40. The first kappa shape index (κ1) is 20.3. The van der Waals surface area contributed by atoms with E-state index >= 15 is 0 Å². The molecule has 1 unspecified atom stereocenters. The van der Waals surface area contributed by atoms with Crippen LogP contribution >= 0.6 is 7.60 Å². The van der Waals surface area contributed by atoms with E-state index < -0.39 is 42.4 Å². The molecule has 1 aromatic heterocycles. The van der Waals surface area contributed by atoms with E-state index in [9.17, 15) is 33.8 Å². The second kappa shape index (κ2) is 6.89. The number of rotatable bonds is 4. The number of hydrogen-bond donors (Lipinski definition) is 4. The molecule has 0 aromatic carbocycles. The van der Waals surface area contributed by atoms with Gasteiger partial charge in [-0.15, -0.1) is 0 Å². The zero-order valence-electron chi connectivity index (χ0n) is 15.3. The number of pyridine rings is 1. The van der Waals surface area contributed by atoms with Gasteiger partial charge in [-0.05, 0) is 0 Å². The minimum absolute atomic E-state index is 0.0536. The monoisotopic (exact) mass is 416 g/mol. The van der Waals surface area contributed by atoms with Gasteiger partial charge in [-0.2, -0.15) is 0 Å². The first-order valence-electron chi connectivity index (χ1n) is 8.42. The fourth-order valence-corrected chi connectivity index (χ4v) is 4.03. The second-order valence-corrected chi connectivity index (χ2v) is 8.42. The highest BCUT2D eigenvalue weighted by Crippen LogP contribution is 2.39. The minimum Gasteiger partial charge on any atom is -0.502 e. The average molecular weight is 416 g/mol. The summed E-state index contributed by atoms with van der Waals surface area (Å²) >= 11 is 0. The number of hydrogen-bond acceptors (Lipinski definition) is 7. The number of ether oxygens (including phenoxy) is 1. The Morgan fingerprint density at radius 2 is 2.07 bits per heavy atom. The van der Waals surface area contributed by atoms with E-state index in [1.165, 1.54) is 21.6 Å². The van der Waals surface area contributed by atoms with Crippen LogP contribution in [0.4, 0.5) is 0 Å². The number of nitrogens with zero attached hydrogens (tertiary/aromatic N) is 3. The molecule has 2 aliphatic rings. The summed E-state index contributed by atoms with van der Waals surface area (Å²) in [4.78, 5) is 57.2. The van der Waals surface area contributed by atoms with Crippen LogP contribution in [0, 0.1) is 0 Å². The Morgan fingerprint density at radius 3 is 2.61 bits per heavy atom. The number of fused-ring (bicyclic) bond motifs is 1. The molecule has 0 radical (unpaired) electrons. The summed E-state index contributed by atoms with van der Waals surface area (Å²) in [7, 11) is -1.50. The van der Waals surface area contributed by atoms with Gasteiger partial charge in [-0.25, -0.2) is 0 Å². The van der Waals surface area contributed by atoms with Crippen molar-refractivity contribution in [2.75, 3.05) is 45.0 Å². The molecule has 3 heterocycles. The molecule has 0 aliphatic carbocycles. The normalized spacial score (nSPS) is 21.9. The number of carbonyl (C=O) groups excluding carboxylic acids is 2. The Kier molecular flexibility index (Phi) is 5.00. The predicted octanol–water partition coefficient (Wildman–Crippen LogP) is -1.77. The summed E-state index contributed by atoms with van der Waals surface area (Å²) < 4.78 is 18.0. The molecule has 2 aliphatic heterocycles. The van der Waals surface area contributed by atoms with Crippen molar-refractivity contribution in [1.82, 2.24) is 14.9 Å². The van der Waals surface area contributed by atoms with Crippen molar-refractivity contribution in [3.05, 3.63) is 27.7 Å². The number of amides is 2. The van der Waals surface area contributed by atoms with Crippen LogP contribution in [0.15, 0.2) is 11.0 Å². The van der Waals surface area contributed by atoms with Gasteiger partial charge in [0.05, 0.1) is 19.4 Å². The van der Waals surface area contributed by atoms with Crippen molar-refractivity contribution in [3.8, 4) is 5.75 Å². The zero-order valence-corrected chi connectivity index (χ0v) is 16.2. The molecule has 3 rings (SSSR count). The number of nitrogens with one attached hydrogen (secondary N) is 1. The first-order valence-corrected chi connectivity index (χ1v) is 10.2. The molecular formula is C15H21N4O8P. The van der Waals surface area contributed by atoms with Crippen molar-refractivity contribution in [2.24, 2.45) is 0 Å². The summed E-state index contributed by atoms with van der Waals surface area (Å²) in [6, 6.07) is 0. The Hall–Kier alpha value is -2.40. The number of likely N-dealkylation sites (N-methyl/N-ethyl adjacent to an activating group) is 1. The van der Waals surface area contributed by atoms with Crippen LogP contribution in [0.1, 0.15) is 27.3 Å². The highest BCUT2D eigenvalue weighted by Gasteiger charge is 2.52. The maximum absolute atomic E-state index is 13.1. The molecule has 0 bridgehead atoms. The highest BCUT2D eigenvalue weighted by atomic mass is 31.2. The lowest BCUT2D eigenvalue weighted by Crippen LogP contribution is -2.70. The van der Waals surface area contributed by atoms with E-state index in [2.05, 4.69) is 5.32 Å². The van der Waals surface area contributed by atoms with Crippen LogP contribution in [0.2, 0.25) is 0 Å². The summed E-state index contributed by atoms with van der Waals surface area (Å²) in [6.07, 6.45) is 0.905. The molecule has 1 spiro atoms. The van der Waals surface area contributed by atoms with Crippen LogP contribution in [-0.4, -0.2) is 82.0 Å². The lowest BCUT2D eigenvalue weighted by atomic mass is 10.0. The largest absolute Gasteiger partial charge is 0.502 e. The molecule has 28 heavy (non-hydrogen) atoms. The van der Waals surface area contributed by atoms with Gasteiger partial charge in [0, 0.05) is 33.3 Å². The third kappa shape index (κ3) is 3.08. The quantitative estimate of drug-likeness (QED) is 0.416. The fraction of sp³-hybridized carbons (Fsp3) is 0.533. The molecule has 2 amide bonds. The summed E-state index contributed by atoms with van der Waals surface area (Å²) in [5.74, 6) is -2.42. The molecule has 0 saturated carbocycles. The lowest BCUT2D eigenvalue weighted by molar-refractivity contribution is 0.0245. The van der Waals surface area contributed by atoms with Gasteiger partial charge in [0.25, 0.3) is 11.8 Å². The topological polar surface area (TPSA) is 162 Å². The van der Waals surface area contributed by atoms with Crippen LogP contribution < -0.4 is 15.8 Å². The fourth-order valence-electron chi connectivity index (χ4n) is 3.56. The van der Waals surface area contributed by atoms with Crippen molar-refractivity contribution in [2.45, 2.75) is 12.1 Å². The van der Waals surface area contributed by atoms with Crippen LogP contribution in [0.3, 0.4) is 0 Å². The van der Waals surface area contributed by atoms with Gasteiger partial charge >= 0.3 is 7.60 Å². The van der Waals surface area contributed by atoms with Crippen molar-refractivity contribution in [1.29, 1.82) is 0 Å². The van der Waals surface area contributed by atoms with Crippen LogP contribution in [0.5, 0.6) is 5.75 Å². The summed E-state index contributed by atoms with van der Waals surface area (Å²) in [5, 5.41) is 14.2. The van der Waals surface area contributed by atoms with E-state index in [4.69, 9.17) is 4.74 Å². The van der Waals surface area contributed by atoms with Crippen molar-refractivity contribution >= 4 is 19.4 Å². The maximum atomic E-state index is 13.1. The number of aromatic hydroxyl groups is 1.